The first-order valence-corrected chi connectivity index (χ1v) is 5.38. The van der Waals surface area contributed by atoms with Crippen LogP contribution in [0.4, 0.5) is 11.5 Å². The average Bonchev–Trinajstić information content (AvgIpc) is 2.38. The second-order valence-corrected chi connectivity index (χ2v) is 3.86. The van der Waals surface area contributed by atoms with Crippen LogP contribution in [0.5, 0.6) is 0 Å². The smallest absolute Gasteiger partial charge is 0.132 e. The van der Waals surface area contributed by atoms with E-state index in [1.165, 1.54) is 0 Å². The number of pyridine rings is 1. The van der Waals surface area contributed by atoms with Gasteiger partial charge in [0.2, 0.25) is 0 Å². The van der Waals surface area contributed by atoms with Crippen molar-refractivity contribution in [2.75, 3.05) is 11.9 Å². The molecule has 3 nitrogen and oxygen atoms in total. The molecule has 0 N–H and O–H groups in total. The van der Waals surface area contributed by atoms with Crippen molar-refractivity contribution in [2.24, 2.45) is 0 Å². The highest BCUT2D eigenvalue weighted by Gasteiger charge is 2.05. The highest BCUT2D eigenvalue weighted by atomic mass is 15.2. The number of anilines is 2. The summed E-state index contributed by atoms with van der Waals surface area (Å²) in [4.78, 5) is 6.41. The Morgan fingerprint density at radius 1 is 1.18 bits per heavy atom. The van der Waals surface area contributed by atoms with Gasteiger partial charge in [-0.15, -0.1) is 0 Å². The standard InChI is InChI=1S/C14H13N3/c1-11-5-3-8-14(16-11)17(2)13-7-4-6-12(9-13)10-15/h3-9H,1-2H3. The van der Waals surface area contributed by atoms with Gasteiger partial charge in [-0.3, -0.25) is 0 Å². The van der Waals surface area contributed by atoms with E-state index in [0.717, 1.165) is 17.2 Å². The summed E-state index contributed by atoms with van der Waals surface area (Å²) in [5.74, 6) is 0.875. The molecule has 0 aliphatic heterocycles. The van der Waals surface area contributed by atoms with Crippen molar-refractivity contribution >= 4 is 11.5 Å². The van der Waals surface area contributed by atoms with Gasteiger partial charge in [0.05, 0.1) is 11.6 Å². The van der Waals surface area contributed by atoms with Gasteiger partial charge in [-0.1, -0.05) is 12.1 Å². The molecular weight excluding hydrogens is 210 g/mol. The topological polar surface area (TPSA) is 39.9 Å². The second-order valence-electron chi connectivity index (χ2n) is 3.86. The first-order chi connectivity index (χ1) is 8.20. The Labute approximate surface area is 101 Å². The maximum Gasteiger partial charge on any atom is 0.132 e. The van der Waals surface area contributed by atoms with E-state index in [9.17, 15) is 0 Å². The van der Waals surface area contributed by atoms with Crippen molar-refractivity contribution in [2.45, 2.75) is 6.92 Å². The van der Waals surface area contributed by atoms with Crippen molar-refractivity contribution in [1.29, 1.82) is 5.26 Å². The Balaban J connectivity index is 2.37. The van der Waals surface area contributed by atoms with Gasteiger partial charge in [-0.25, -0.2) is 4.98 Å². The molecule has 0 spiro atoms. The molecule has 0 bridgehead atoms. The minimum absolute atomic E-state index is 0.655. The molecule has 0 aliphatic rings. The molecule has 0 atom stereocenters. The van der Waals surface area contributed by atoms with E-state index in [1.807, 2.05) is 55.3 Å². The van der Waals surface area contributed by atoms with Crippen LogP contribution in [0.1, 0.15) is 11.3 Å². The zero-order valence-electron chi connectivity index (χ0n) is 9.88. The molecule has 2 aromatic rings. The first-order valence-electron chi connectivity index (χ1n) is 5.38. The number of aromatic nitrogens is 1. The number of benzene rings is 1. The Morgan fingerprint density at radius 2 is 1.94 bits per heavy atom. The van der Waals surface area contributed by atoms with Crippen molar-refractivity contribution in [3.05, 3.63) is 53.7 Å². The number of hydrogen-bond donors (Lipinski definition) is 0. The van der Waals surface area contributed by atoms with Crippen LogP contribution in [0.15, 0.2) is 42.5 Å². The predicted molar refractivity (Wildman–Crippen MR) is 68.2 cm³/mol. The quantitative estimate of drug-likeness (QED) is 0.785. The van der Waals surface area contributed by atoms with Crippen molar-refractivity contribution < 1.29 is 0 Å². The first kappa shape index (κ1) is 11.2. The minimum Gasteiger partial charge on any atom is -0.329 e. The van der Waals surface area contributed by atoms with Crippen LogP contribution in [-0.4, -0.2) is 12.0 Å². The van der Waals surface area contributed by atoms with Gasteiger partial charge in [0, 0.05) is 18.4 Å². The van der Waals surface area contributed by atoms with Gasteiger partial charge in [0.15, 0.2) is 0 Å². The van der Waals surface area contributed by atoms with Crippen molar-refractivity contribution in [3.63, 3.8) is 0 Å². The molecule has 0 radical (unpaired) electrons. The summed E-state index contributed by atoms with van der Waals surface area (Å²) in [5.41, 5.74) is 2.59. The van der Waals surface area contributed by atoms with Gasteiger partial charge in [-0.05, 0) is 37.3 Å². The molecule has 1 heterocycles. The molecule has 0 unspecified atom stereocenters. The highest BCUT2D eigenvalue weighted by molar-refractivity contribution is 5.61. The van der Waals surface area contributed by atoms with Gasteiger partial charge < -0.3 is 4.90 Å². The number of rotatable bonds is 2. The largest absolute Gasteiger partial charge is 0.329 e. The number of hydrogen-bond acceptors (Lipinski definition) is 3. The highest BCUT2D eigenvalue weighted by Crippen LogP contribution is 2.22. The number of aryl methyl sites for hydroxylation is 1. The fourth-order valence-electron chi connectivity index (χ4n) is 1.63. The normalized spacial score (nSPS) is 9.71. The third-order valence-corrected chi connectivity index (χ3v) is 2.58. The zero-order chi connectivity index (χ0) is 12.3. The fourth-order valence-corrected chi connectivity index (χ4v) is 1.63. The number of nitriles is 1. The van der Waals surface area contributed by atoms with Gasteiger partial charge in [0.25, 0.3) is 0 Å². The summed E-state index contributed by atoms with van der Waals surface area (Å²) in [7, 11) is 1.94. The third-order valence-electron chi connectivity index (χ3n) is 2.58. The maximum absolute atomic E-state index is 8.87. The van der Waals surface area contributed by atoms with E-state index in [0.29, 0.717) is 5.56 Å². The molecule has 0 fully saturated rings. The van der Waals surface area contributed by atoms with Gasteiger partial charge in [0.1, 0.15) is 5.82 Å². The van der Waals surface area contributed by atoms with Crippen LogP contribution >= 0.6 is 0 Å². The number of nitrogens with zero attached hydrogens (tertiary/aromatic N) is 3. The average molecular weight is 223 g/mol. The third kappa shape index (κ3) is 2.43. The molecular formula is C14H13N3. The summed E-state index contributed by atoms with van der Waals surface area (Å²) in [5, 5.41) is 8.87. The summed E-state index contributed by atoms with van der Waals surface area (Å²) >= 11 is 0. The summed E-state index contributed by atoms with van der Waals surface area (Å²) < 4.78 is 0. The van der Waals surface area contributed by atoms with Gasteiger partial charge >= 0.3 is 0 Å². The van der Waals surface area contributed by atoms with Crippen LogP contribution in [0.3, 0.4) is 0 Å². The van der Waals surface area contributed by atoms with E-state index < -0.39 is 0 Å². The van der Waals surface area contributed by atoms with Crippen LogP contribution in [0.25, 0.3) is 0 Å². The van der Waals surface area contributed by atoms with Crippen LogP contribution in [0, 0.1) is 18.3 Å². The molecule has 1 aromatic heterocycles. The van der Waals surface area contributed by atoms with Gasteiger partial charge in [-0.2, -0.15) is 5.26 Å². The Morgan fingerprint density at radius 3 is 2.65 bits per heavy atom. The predicted octanol–water partition coefficient (Wildman–Crippen LogP) is 3.03. The summed E-state index contributed by atoms with van der Waals surface area (Å²) in [6.07, 6.45) is 0. The van der Waals surface area contributed by atoms with E-state index in [4.69, 9.17) is 5.26 Å². The maximum atomic E-state index is 8.87. The lowest BCUT2D eigenvalue weighted by atomic mass is 10.2. The SMILES string of the molecule is Cc1cccc(N(C)c2cccc(C#N)c2)n1. The fraction of sp³-hybridized carbons (Fsp3) is 0.143. The molecule has 2 rings (SSSR count). The van der Waals surface area contributed by atoms with E-state index >= 15 is 0 Å². The molecule has 0 saturated carbocycles. The molecule has 0 amide bonds. The molecule has 84 valence electrons. The summed E-state index contributed by atoms with van der Waals surface area (Å²) in [6, 6.07) is 15.5. The van der Waals surface area contributed by atoms with E-state index in [1.54, 1.807) is 6.07 Å². The molecule has 0 aliphatic carbocycles. The Kier molecular flexibility index (Phi) is 3.06. The second kappa shape index (κ2) is 4.67. The Hall–Kier alpha value is -2.34. The molecule has 3 heteroatoms. The molecule has 1 aromatic carbocycles. The lowest BCUT2D eigenvalue weighted by molar-refractivity contribution is 1.09. The lowest BCUT2D eigenvalue weighted by Gasteiger charge is -2.18. The molecule has 0 saturated heterocycles. The van der Waals surface area contributed by atoms with E-state index in [-0.39, 0.29) is 0 Å². The van der Waals surface area contributed by atoms with Crippen molar-refractivity contribution in [1.82, 2.24) is 4.98 Å². The monoisotopic (exact) mass is 223 g/mol. The summed E-state index contributed by atoms with van der Waals surface area (Å²) in [6.45, 7) is 1.96. The molecule has 17 heavy (non-hydrogen) atoms. The van der Waals surface area contributed by atoms with Crippen LogP contribution in [0.2, 0.25) is 0 Å². The van der Waals surface area contributed by atoms with E-state index in [2.05, 4.69) is 11.1 Å². The van der Waals surface area contributed by atoms with Crippen LogP contribution in [-0.2, 0) is 0 Å². The van der Waals surface area contributed by atoms with Crippen molar-refractivity contribution in [3.8, 4) is 6.07 Å². The lowest BCUT2D eigenvalue weighted by Crippen LogP contribution is -2.11. The Bertz CT molecular complexity index is 570. The zero-order valence-corrected chi connectivity index (χ0v) is 9.88. The van der Waals surface area contributed by atoms with Crippen LogP contribution < -0.4 is 4.90 Å². The minimum atomic E-state index is 0.655.